The topological polar surface area (TPSA) is 104 Å². The van der Waals surface area contributed by atoms with Crippen LogP contribution in [0.1, 0.15) is 17.4 Å². The van der Waals surface area contributed by atoms with Crippen LogP contribution in [0.4, 0.5) is 0 Å². The second kappa shape index (κ2) is 6.30. The Labute approximate surface area is 94.0 Å². The van der Waals surface area contributed by atoms with Crippen LogP contribution in [0.5, 0.6) is 0 Å². The Kier molecular flexibility index (Phi) is 5.02. The third-order valence-electron chi connectivity index (χ3n) is 1.53. The lowest BCUT2D eigenvalue weighted by atomic mass is 10.5. The van der Waals surface area contributed by atoms with Crippen molar-refractivity contribution in [3.63, 3.8) is 0 Å². The van der Waals surface area contributed by atoms with Gasteiger partial charge in [0.2, 0.25) is 0 Å². The van der Waals surface area contributed by atoms with Gasteiger partial charge in [-0.1, -0.05) is 5.21 Å². The molecule has 1 heterocycles. The number of rotatable bonds is 6. The normalized spacial score (nSPS) is 12.4. The number of esters is 1. The van der Waals surface area contributed by atoms with Gasteiger partial charge in [0.05, 0.1) is 26.0 Å². The summed E-state index contributed by atoms with van der Waals surface area (Å²) in [5.74, 6) is -0.555. The molecule has 0 fully saturated rings. The van der Waals surface area contributed by atoms with Crippen molar-refractivity contribution in [2.45, 2.75) is 13.5 Å². The highest BCUT2D eigenvalue weighted by Crippen LogP contribution is 1.96. The van der Waals surface area contributed by atoms with Crippen molar-refractivity contribution < 1.29 is 22.5 Å². The maximum atomic E-state index is 11.2. The molecule has 1 unspecified atom stereocenters. The molecule has 0 bridgehead atoms. The Balaban J connectivity index is 2.45. The van der Waals surface area contributed by atoms with E-state index in [2.05, 4.69) is 14.5 Å². The van der Waals surface area contributed by atoms with Gasteiger partial charge in [0.15, 0.2) is 5.69 Å². The van der Waals surface area contributed by atoms with Crippen molar-refractivity contribution in [3.8, 4) is 0 Å². The summed E-state index contributed by atoms with van der Waals surface area (Å²) in [6, 6.07) is 0. The summed E-state index contributed by atoms with van der Waals surface area (Å²) in [5.41, 5.74) is 0.0898. The van der Waals surface area contributed by atoms with Gasteiger partial charge in [-0.2, -0.15) is 4.21 Å². The molecule has 0 radical (unpaired) electrons. The highest BCUT2D eigenvalue weighted by Gasteiger charge is 2.11. The van der Waals surface area contributed by atoms with E-state index in [9.17, 15) is 9.00 Å². The SMILES string of the molecule is CCOC(=O)c1cn(CCOS(=O)O)nn1. The summed E-state index contributed by atoms with van der Waals surface area (Å²) < 4.78 is 28.9. The molecule has 0 spiro atoms. The number of carbonyl (C=O) groups is 1. The maximum absolute atomic E-state index is 11.2. The average molecular weight is 249 g/mol. The molecule has 0 aromatic carbocycles. The fourth-order valence-corrected chi connectivity index (χ4v) is 1.13. The third kappa shape index (κ3) is 4.04. The molecule has 1 aromatic rings. The first-order valence-corrected chi connectivity index (χ1v) is 5.48. The molecular weight excluding hydrogens is 238 g/mol. The van der Waals surface area contributed by atoms with Crippen LogP contribution in [0, 0.1) is 0 Å². The number of ether oxygens (including phenoxy) is 1. The highest BCUT2D eigenvalue weighted by molar-refractivity contribution is 7.74. The predicted molar refractivity (Wildman–Crippen MR) is 52.7 cm³/mol. The van der Waals surface area contributed by atoms with Crippen LogP contribution >= 0.6 is 0 Å². The van der Waals surface area contributed by atoms with E-state index in [1.165, 1.54) is 10.9 Å². The summed E-state index contributed by atoms with van der Waals surface area (Å²) in [6.45, 7) is 2.17. The Bertz CT molecular complexity index is 380. The maximum Gasteiger partial charge on any atom is 0.360 e. The first-order valence-electron chi connectivity index (χ1n) is 4.45. The summed E-state index contributed by atoms with van der Waals surface area (Å²) >= 11 is -2.30. The van der Waals surface area contributed by atoms with Gasteiger partial charge < -0.3 is 4.74 Å². The minimum atomic E-state index is -2.30. The van der Waals surface area contributed by atoms with E-state index in [1.54, 1.807) is 6.92 Å². The summed E-state index contributed by atoms with van der Waals surface area (Å²) in [6.07, 6.45) is 1.38. The van der Waals surface area contributed by atoms with Crippen LogP contribution in [0.15, 0.2) is 6.20 Å². The van der Waals surface area contributed by atoms with Crippen molar-refractivity contribution in [2.75, 3.05) is 13.2 Å². The Morgan fingerprint density at radius 1 is 1.69 bits per heavy atom. The van der Waals surface area contributed by atoms with E-state index >= 15 is 0 Å². The van der Waals surface area contributed by atoms with Crippen molar-refractivity contribution in [2.24, 2.45) is 0 Å². The molecule has 1 N–H and O–H groups in total. The minimum absolute atomic E-state index is 0.00522. The zero-order chi connectivity index (χ0) is 12.0. The molecule has 1 rings (SSSR count). The lowest BCUT2D eigenvalue weighted by Gasteiger charge is -1.98. The molecule has 0 aliphatic carbocycles. The second-order valence-electron chi connectivity index (χ2n) is 2.63. The van der Waals surface area contributed by atoms with Crippen LogP contribution in [0.25, 0.3) is 0 Å². The third-order valence-corrected chi connectivity index (χ3v) is 1.90. The molecular formula is C7H11N3O5S. The monoisotopic (exact) mass is 249 g/mol. The highest BCUT2D eigenvalue weighted by atomic mass is 32.2. The van der Waals surface area contributed by atoms with Gasteiger partial charge in [-0.25, -0.2) is 9.48 Å². The largest absolute Gasteiger partial charge is 0.461 e. The number of hydrogen-bond acceptors (Lipinski definition) is 6. The van der Waals surface area contributed by atoms with E-state index in [0.717, 1.165) is 0 Å². The summed E-state index contributed by atoms with van der Waals surface area (Å²) in [5, 5.41) is 7.20. The second-order valence-corrected chi connectivity index (χ2v) is 3.30. The number of aromatic nitrogens is 3. The van der Waals surface area contributed by atoms with Crippen LogP contribution in [-0.2, 0) is 26.8 Å². The quantitative estimate of drug-likeness (QED) is 0.540. The fourth-order valence-electron chi connectivity index (χ4n) is 0.908. The van der Waals surface area contributed by atoms with Gasteiger partial charge in [-0.3, -0.25) is 8.74 Å². The van der Waals surface area contributed by atoms with Gasteiger partial charge in [-0.15, -0.1) is 5.10 Å². The van der Waals surface area contributed by atoms with Gasteiger partial charge in [0.1, 0.15) is 0 Å². The first-order chi connectivity index (χ1) is 7.63. The van der Waals surface area contributed by atoms with E-state index in [4.69, 9.17) is 9.29 Å². The lowest BCUT2D eigenvalue weighted by molar-refractivity contribution is 0.0519. The van der Waals surface area contributed by atoms with Crippen LogP contribution < -0.4 is 0 Å². The molecule has 1 aromatic heterocycles. The van der Waals surface area contributed by atoms with Crippen molar-refractivity contribution in [1.29, 1.82) is 0 Å². The van der Waals surface area contributed by atoms with Gasteiger partial charge in [0.25, 0.3) is 0 Å². The van der Waals surface area contributed by atoms with Crippen molar-refractivity contribution in [1.82, 2.24) is 15.0 Å². The van der Waals surface area contributed by atoms with Crippen molar-refractivity contribution in [3.05, 3.63) is 11.9 Å². The van der Waals surface area contributed by atoms with Crippen LogP contribution in [0.2, 0.25) is 0 Å². The fraction of sp³-hybridized carbons (Fsp3) is 0.571. The molecule has 9 heteroatoms. The van der Waals surface area contributed by atoms with E-state index in [0.29, 0.717) is 0 Å². The average Bonchev–Trinajstić information content (AvgIpc) is 2.66. The molecule has 0 aliphatic heterocycles. The summed E-state index contributed by atoms with van der Waals surface area (Å²) in [4.78, 5) is 11.2. The molecule has 0 amide bonds. The molecule has 0 saturated carbocycles. The Morgan fingerprint density at radius 2 is 2.44 bits per heavy atom. The zero-order valence-corrected chi connectivity index (χ0v) is 9.35. The zero-order valence-electron chi connectivity index (χ0n) is 8.53. The Morgan fingerprint density at radius 3 is 3.06 bits per heavy atom. The first kappa shape index (κ1) is 12.7. The number of hydrogen-bond donors (Lipinski definition) is 1. The summed E-state index contributed by atoms with van der Waals surface area (Å²) in [7, 11) is 0. The molecule has 1 atom stereocenters. The van der Waals surface area contributed by atoms with E-state index in [-0.39, 0.29) is 25.5 Å². The van der Waals surface area contributed by atoms with Crippen molar-refractivity contribution >= 4 is 17.3 Å². The van der Waals surface area contributed by atoms with Crippen LogP contribution in [0.3, 0.4) is 0 Å². The van der Waals surface area contributed by atoms with Gasteiger partial charge in [0, 0.05) is 0 Å². The molecule has 90 valence electrons. The number of carbonyl (C=O) groups excluding carboxylic acids is 1. The van der Waals surface area contributed by atoms with E-state index in [1.807, 2.05) is 0 Å². The predicted octanol–water partition coefficient (Wildman–Crippen LogP) is -0.392. The molecule has 0 saturated heterocycles. The standard InChI is InChI=1S/C7H11N3O5S/c1-2-14-7(11)6-5-10(9-8-6)3-4-15-16(12)13/h5H,2-4H2,1H3,(H,12,13). The molecule has 0 aliphatic rings. The van der Waals surface area contributed by atoms with Gasteiger partial charge >= 0.3 is 17.3 Å². The molecule has 8 nitrogen and oxygen atoms in total. The minimum Gasteiger partial charge on any atom is -0.461 e. The van der Waals surface area contributed by atoms with Crippen LogP contribution in [-0.4, -0.2) is 42.9 Å². The Hall–Kier alpha value is -1.32. The molecule has 16 heavy (non-hydrogen) atoms. The number of nitrogens with zero attached hydrogens (tertiary/aromatic N) is 3. The van der Waals surface area contributed by atoms with E-state index < -0.39 is 17.3 Å². The lowest BCUT2D eigenvalue weighted by Crippen LogP contribution is -2.08. The van der Waals surface area contributed by atoms with Gasteiger partial charge in [-0.05, 0) is 6.92 Å². The smallest absolute Gasteiger partial charge is 0.360 e.